The van der Waals surface area contributed by atoms with Gasteiger partial charge in [0.05, 0.1) is 0 Å². The molecule has 0 bridgehead atoms. The van der Waals surface area contributed by atoms with E-state index < -0.39 is 5.97 Å². The molecule has 84 valence electrons. The lowest BCUT2D eigenvalue weighted by molar-refractivity contribution is 0.0702. The quantitative estimate of drug-likeness (QED) is 0.744. The molecule has 0 saturated heterocycles. The number of rotatable bonds is 2. The Bertz CT molecular complexity index is 648. The van der Waals surface area contributed by atoms with Gasteiger partial charge >= 0.3 is 5.97 Å². The predicted molar refractivity (Wildman–Crippen MR) is 66.5 cm³/mol. The van der Waals surface area contributed by atoms with Gasteiger partial charge in [0.15, 0.2) is 4.90 Å². The molecule has 0 amide bonds. The van der Waals surface area contributed by atoms with Gasteiger partial charge in [0, 0.05) is 10.9 Å². The first-order valence-electron chi connectivity index (χ1n) is 5.06. The third kappa shape index (κ3) is 1.72. The number of carboxylic acids is 1. The van der Waals surface area contributed by atoms with Gasteiger partial charge in [0.1, 0.15) is 10.6 Å². The van der Waals surface area contributed by atoms with E-state index in [0.717, 1.165) is 28.0 Å². The van der Waals surface area contributed by atoms with Gasteiger partial charge in [-0.05, 0) is 12.1 Å². The first kappa shape index (κ1) is 10.1. The molecule has 0 aliphatic rings. The van der Waals surface area contributed by atoms with Gasteiger partial charge in [-0.3, -0.25) is 0 Å². The summed E-state index contributed by atoms with van der Waals surface area (Å²) < 4.78 is 5.64. The van der Waals surface area contributed by atoms with Gasteiger partial charge < -0.3 is 9.52 Å². The molecule has 0 unspecified atom stereocenters. The van der Waals surface area contributed by atoms with E-state index in [9.17, 15) is 4.79 Å². The molecule has 17 heavy (non-hydrogen) atoms. The summed E-state index contributed by atoms with van der Waals surface area (Å²) in [5.41, 5.74) is 0.993. The molecule has 0 radical (unpaired) electrons. The smallest absolute Gasteiger partial charge is 0.346 e. The molecular weight excluding hydrogens is 236 g/mol. The summed E-state index contributed by atoms with van der Waals surface area (Å²) in [6, 6.07) is 13.2. The van der Waals surface area contributed by atoms with E-state index in [2.05, 4.69) is 0 Å². The fourth-order valence-corrected chi connectivity index (χ4v) is 2.53. The molecule has 3 rings (SSSR count). The Morgan fingerprint density at radius 1 is 1.18 bits per heavy atom. The van der Waals surface area contributed by atoms with Crippen LogP contribution < -0.4 is 0 Å². The number of hydrogen-bond donors (Lipinski definition) is 1. The predicted octanol–water partition coefficient (Wildman–Crippen LogP) is 3.86. The van der Waals surface area contributed by atoms with Crippen LogP contribution in [0.1, 0.15) is 9.67 Å². The molecule has 1 N–H and O–H groups in total. The summed E-state index contributed by atoms with van der Waals surface area (Å²) in [7, 11) is 0. The van der Waals surface area contributed by atoms with Gasteiger partial charge in [-0.1, -0.05) is 41.7 Å². The van der Waals surface area contributed by atoms with Crippen LogP contribution in [0.15, 0.2) is 46.9 Å². The Balaban J connectivity index is 2.10. The van der Waals surface area contributed by atoms with Crippen molar-refractivity contribution in [3.63, 3.8) is 0 Å². The van der Waals surface area contributed by atoms with Gasteiger partial charge in [-0.15, -0.1) is 0 Å². The van der Waals surface area contributed by atoms with E-state index in [1.54, 1.807) is 6.07 Å². The van der Waals surface area contributed by atoms with Crippen LogP contribution in [-0.2, 0) is 0 Å². The number of fused-ring (bicyclic) bond motifs is 1. The number of aromatic carboxylic acids is 1. The maximum absolute atomic E-state index is 10.8. The Hall–Kier alpha value is -2.07. The molecule has 0 aliphatic carbocycles. The number of hydrogen-bond acceptors (Lipinski definition) is 3. The lowest BCUT2D eigenvalue weighted by Crippen LogP contribution is -1.89. The van der Waals surface area contributed by atoms with Gasteiger partial charge in [-0.25, -0.2) is 4.79 Å². The van der Waals surface area contributed by atoms with Crippen LogP contribution in [0, 0.1) is 0 Å². The van der Waals surface area contributed by atoms with Crippen LogP contribution in [0.4, 0.5) is 0 Å². The van der Waals surface area contributed by atoms with Crippen molar-refractivity contribution in [3.05, 3.63) is 47.3 Å². The summed E-state index contributed by atoms with van der Waals surface area (Å²) in [5, 5.41) is 9.70. The molecule has 4 heteroatoms. The first-order valence-corrected chi connectivity index (χ1v) is 5.88. The Morgan fingerprint density at radius 2 is 1.94 bits per heavy atom. The van der Waals surface area contributed by atoms with Crippen molar-refractivity contribution in [2.75, 3.05) is 0 Å². The number of furan rings is 1. The molecule has 3 aromatic rings. The van der Waals surface area contributed by atoms with E-state index >= 15 is 0 Å². The molecule has 0 atom stereocenters. The van der Waals surface area contributed by atoms with E-state index in [1.165, 1.54) is 0 Å². The van der Waals surface area contributed by atoms with Crippen molar-refractivity contribution in [1.29, 1.82) is 0 Å². The average molecular weight is 244 g/mol. The minimum absolute atomic E-state index is 0.304. The molecule has 0 saturated carbocycles. The second-order valence-electron chi connectivity index (χ2n) is 3.64. The highest BCUT2D eigenvalue weighted by Crippen LogP contribution is 2.33. The number of carboxylic acid groups (broad SMARTS) is 1. The second-order valence-corrected chi connectivity index (χ2v) is 4.65. The molecular formula is C13H8O3S. The standard InChI is InChI=1S/C13H8O3S/c14-12(15)11-7-9-6-10(16-13(9)17-11)8-4-2-1-3-5-8/h1-7H,(H,14,15). The molecule has 2 heterocycles. The molecule has 2 aromatic heterocycles. The normalized spacial score (nSPS) is 10.8. The van der Waals surface area contributed by atoms with E-state index in [4.69, 9.17) is 9.52 Å². The van der Waals surface area contributed by atoms with E-state index in [0.29, 0.717) is 9.77 Å². The van der Waals surface area contributed by atoms with Crippen molar-refractivity contribution in [2.45, 2.75) is 0 Å². The van der Waals surface area contributed by atoms with Crippen molar-refractivity contribution in [2.24, 2.45) is 0 Å². The summed E-state index contributed by atoms with van der Waals surface area (Å²) in [6.45, 7) is 0. The monoisotopic (exact) mass is 244 g/mol. The Labute approximate surface area is 101 Å². The fraction of sp³-hybridized carbons (Fsp3) is 0. The van der Waals surface area contributed by atoms with Crippen molar-refractivity contribution in [3.8, 4) is 11.3 Å². The molecule has 0 spiro atoms. The third-order valence-corrected chi connectivity index (χ3v) is 3.50. The minimum Gasteiger partial charge on any atom is -0.477 e. The maximum Gasteiger partial charge on any atom is 0.346 e. The van der Waals surface area contributed by atoms with Crippen LogP contribution in [-0.4, -0.2) is 11.1 Å². The molecule has 0 aliphatic heterocycles. The topological polar surface area (TPSA) is 50.4 Å². The van der Waals surface area contributed by atoms with Crippen LogP contribution in [0.5, 0.6) is 0 Å². The minimum atomic E-state index is -0.914. The highest BCUT2D eigenvalue weighted by molar-refractivity contribution is 7.20. The zero-order chi connectivity index (χ0) is 11.8. The summed E-state index contributed by atoms with van der Waals surface area (Å²) >= 11 is 1.15. The van der Waals surface area contributed by atoms with Crippen molar-refractivity contribution in [1.82, 2.24) is 0 Å². The first-order chi connectivity index (χ1) is 8.24. The van der Waals surface area contributed by atoms with Gasteiger partial charge in [-0.2, -0.15) is 0 Å². The van der Waals surface area contributed by atoms with Crippen molar-refractivity contribution < 1.29 is 14.3 Å². The highest BCUT2D eigenvalue weighted by Gasteiger charge is 2.13. The lowest BCUT2D eigenvalue weighted by atomic mass is 10.2. The molecule has 1 aromatic carbocycles. The number of benzene rings is 1. The number of thiophene rings is 1. The maximum atomic E-state index is 10.8. The van der Waals surface area contributed by atoms with E-state index in [1.807, 2.05) is 36.4 Å². The zero-order valence-electron chi connectivity index (χ0n) is 8.71. The largest absolute Gasteiger partial charge is 0.477 e. The Morgan fingerprint density at radius 3 is 2.59 bits per heavy atom. The van der Waals surface area contributed by atoms with Crippen LogP contribution >= 0.6 is 11.3 Å². The summed E-state index contributed by atoms with van der Waals surface area (Å²) in [5.74, 6) is -0.147. The molecule has 3 nitrogen and oxygen atoms in total. The van der Waals surface area contributed by atoms with Crippen LogP contribution in [0.3, 0.4) is 0 Å². The van der Waals surface area contributed by atoms with Crippen LogP contribution in [0.2, 0.25) is 0 Å². The van der Waals surface area contributed by atoms with Crippen molar-refractivity contribution >= 4 is 27.6 Å². The van der Waals surface area contributed by atoms with Crippen LogP contribution in [0.25, 0.3) is 21.6 Å². The van der Waals surface area contributed by atoms with Gasteiger partial charge in [0.25, 0.3) is 0 Å². The SMILES string of the molecule is O=C(O)c1cc2cc(-c3ccccc3)oc2s1. The third-order valence-electron chi connectivity index (χ3n) is 2.48. The fourth-order valence-electron chi connectivity index (χ4n) is 1.69. The Kier molecular flexibility index (Phi) is 2.23. The van der Waals surface area contributed by atoms with Gasteiger partial charge in [0.2, 0.25) is 0 Å². The zero-order valence-corrected chi connectivity index (χ0v) is 9.53. The summed E-state index contributed by atoms with van der Waals surface area (Å²) in [6.07, 6.45) is 0. The van der Waals surface area contributed by atoms with E-state index in [-0.39, 0.29) is 0 Å². The number of carbonyl (C=O) groups is 1. The second kappa shape index (κ2) is 3.75. The average Bonchev–Trinajstić information content (AvgIpc) is 2.87. The summed E-state index contributed by atoms with van der Waals surface area (Å²) in [4.78, 5) is 11.8. The lowest BCUT2D eigenvalue weighted by Gasteiger charge is -1.93. The highest BCUT2D eigenvalue weighted by atomic mass is 32.1. The molecule has 0 fully saturated rings.